The van der Waals surface area contributed by atoms with Crippen LogP contribution in [0.5, 0.6) is 0 Å². The van der Waals surface area contributed by atoms with Gasteiger partial charge >= 0.3 is 0 Å². The first kappa shape index (κ1) is 24.9. The molecule has 180 valence electrons. The Morgan fingerprint density at radius 1 is 1.00 bits per heavy atom. The lowest BCUT2D eigenvalue weighted by Crippen LogP contribution is -2.36. The SMILES string of the molecule is N=C(N)c1ccc(NC(=O)CCC(=O)N(CCO)c2cccc(C(=O)N3CCCCC3)c2)cc1. The number of nitrogens with one attached hydrogen (secondary N) is 2. The molecule has 1 fully saturated rings. The quantitative estimate of drug-likeness (QED) is 0.332. The van der Waals surface area contributed by atoms with Gasteiger partial charge in [0.2, 0.25) is 11.8 Å². The van der Waals surface area contributed by atoms with E-state index < -0.39 is 0 Å². The van der Waals surface area contributed by atoms with Crippen LogP contribution in [0.3, 0.4) is 0 Å². The van der Waals surface area contributed by atoms with Crippen LogP contribution in [0.4, 0.5) is 11.4 Å². The number of carbonyl (C=O) groups is 3. The zero-order valence-corrected chi connectivity index (χ0v) is 19.1. The van der Waals surface area contributed by atoms with E-state index in [0.29, 0.717) is 22.5 Å². The van der Waals surface area contributed by atoms with E-state index in [0.717, 1.165) is 32.4 Å². The number of amides is 3. The molecule has 5 N–H and O–H groups in total. The number of hydrogen-bond acceptors (Lipinski definition) is 5. The predicted molar refractivity (Wildman–Crippen MR) is 131 cm³/mol. The fourth-order valence-corrected chi connectivity index (χ4v) is 3.90. The van der Waals surface area contributed by atoms with Crippen molar-refractivity contribution in [1.82, 2.24) is 4.90 Å². The number of nitrogens with two attached hydrogens (primary N) is 1. The zero-order chi connectivity index (χ0) is 24.5. The van der Waals surface area contributed by atoms with E-state index in [-0.39, 0.29) is 49.6 Å². The average molecular weight is 466 g/mol. The molecule has 0 aromatic heterocycles. The largest absolute Gasteiger partial charge is 0.395 e. The van der Waals surface area contributed by atoms with Gasteiger partial charge in [0.05, 0.1) is 6.61 Å². The summed E-state index contributed by atoms with van der Waals surface area (Å²) in [5.74, 6) is -0.775. The number of anilines is 2. The van der Waals surface area contributed by atoms with E-state index in [9.17, 15) is 19.5 Å². The van der Waals surface area contributed by atoms with E-state index in [2.05, 4.69) is 5.32 Å². The van der Waals surface area contributed by atoms with Gasteiger partial charge in [-0.15, -0.1) is 0 Å². The highest BCUT2D eigenvalue weighted by Crippen LogP contribution is 2.21. The highest BCUT2D eigenvalue weighted by molar-refractivity contribution is 6.00. The van der Waals surface area contributed by atoms with E-state index >= 15 is 0 Å². The maximum atomic E-state index is 12.9. The van der Waals surface area contributed by atoms with Gasteiger partial charge in [-0.3, -0.25) is 19.8 Å². The second-order valence-electron chi connectivity index (χ2n) is 8.21. The monoisotopic (exact) mass is 465 g/mol. The van der Waals surface area contributed by atoms with Crippen molar-refractivity contribution in [2.24, 2.45) is 5.73 Å². The lowest BCUT2D eigenvalue weighted by molar-refractivity contribution is -0.122. The summed E-state index contributed by atoms with van der Waals surface area (Å²) in [6.07, 6.45) is 3.01. The van der Waals surface area contributed by atoms with E-state index in [4.69, 9.17) is 11.1 Å². The molecule has 0 spiro atoms. The van der Waals surface area contributed by atoms with Crippen LogP contribution in [0.15, 0.2) is 48.5 Å². The molecule has 1 aliphatic heterocycles. The third-order valence-corrected chi connectivity index (χ3v) is 5.72. The number of piperidine rings is 1. The molecule has 1 heterocycles. The molecule has 0 bridgehead atoms. The van der Waals surface area contributed by atoms with Crippen molar-refractivity contribution >= 4 is 34.9 Å². The lowest BCUT2D eigenvalue weighted by atomic mass is 10.1. The van der Waals surface area contributed by atoms with Crippen molar-refractivity contribution in [2.75, 3.05) is 36.5 Å². The summed E-state index contributed by atoms with van der Waals surface area (Å²) in [6.45, 7) is 1.28. The molecule has 3 rings (SSSR count). The molecule has 3 amide bonds. The van der Waals surface area contributed by atoms with Gasteiger partial charge in [0.25, 0.3) is 5.91 Å². The normalized spacial score (nSPS) is 13.3. The summed E-state index contributed by atoms with van der Waals surface area (Å²) >= 11 is 0. The van der Waals surface area contributed by atoms with Gasteiger partial charge in [-0.1, -0.05) is 6.07 Å². The second kappa shape index (κ2) is 11.9. The van der Waals surface area contributed by atoms with Gasteiger partial charge in [-0.05, 0) is 61.7 Å². The third-order valence-electron chi connectivity index (χ3n) is 5.72. The fourth-order valence-electron chi connectivity index (χ4n) is 3.90. The lowest BCUT2D eigenvalue weighted by Gasteiger charge is -2.27. The Bertz CT molecular complexity index is 1030. The molecule has 0 radical (unpaired) electrons. The van der Waals surface area contributed by atoms with Crippen LogP contribution in [-0.2, 0) is 9.59 Å². The summed E-state index contributed by atoms with van der Waals surface area (Å²) in [4.78, 5) is 41.3. The number of hydrogen-bond donors (Lipinski definition) is 4. The van der Waals surface area contributed by atoms with Crippen molar-refractivity contribution in [3.05, 3.63) is 59.7 Å². The van der Waals surface area contributed by atoms with Crippen molar-refractivity contribution in [3.8, 4) is 0 Å². The van der Waals surface area contributed by atoms with Gasteiger partial charge in [-0.2, -0.15) is 0 Å². The maximum absolute atomic E-state index is 12.9. The Labute approximate surface area is 199 Å². The second-order valence-corrected chi connectivity index (χ2v) is 8.21. The molecule has 2 aromatic carbocycles. The standard InChI is InChI=1S/C25H31N5O4/c26-24(27)18-7-9-20(10-8-18)28-22(32)11-12-23(33)30(15-16-31)21-6-4-5-19(17-21)25(34)29-13-2-1-3-14-29/h4-10,17,31H,1-3,11-16H2,(H3,26,27)(H,28,32). The van der Waals surface area contributed by atoms with Crippen LogP contribution in [0.25, 0.3) is 0 Å². The minimum absolute atomic E-state index is 0.0401. The first-order chi connectivity index (χ1) is 16.4. The average Bonchev–Trinajstić information content (AvgIpc) is 2.86. The molecule has 0 saturated carbocycles. The molecular weight excluding hydrogens is 434 g/mol. The molecule has 0 aliphatic carbocycles. The molecular formula is C25H31N5O4. The van der Waals surface area contributed by atoms with Gasteiger partial charge in [-0.25, -0.2) is 0 Å². The molecule has 0 atom stereocenters. The zero-order valence-electron chi connectivity index (χ0n) is 19.1. The van der Waals surface area contributed by atoms with Crippen LogP contribution >= 0.6 is 0 Å². The summed E-state index contributed by atoms with van der Waals surface area (Å²) in [7, 11) is 0. The molecule has 9 heteroatoms. The number of carbonyl (C=O) groups excluding carboxylic acids is 3. The molecule has 0 unspecified atom stereocenters. The Balaban J connectivity index is 1.61. The first-order valence-electron chi connectivity index (χ1n) is 11.4. The van der Waals surface area contributed by atoms with Gasteiger partial charge in [0.15, 0.2) is 0 Å². The van der Waals surface area contributed by atoms with Crippen molar-refractivity contribution in [1.29, 1.82) is 5.41 Å². The van der Waals surface area contributed by atoms with E-state index in [1.165, 1.54) is 4.90 Å². The molecule has 1 aliphatic rings. The number of likely N-dealkylation sites (tertiary alicyclic amines) is 1. The number of amidine groups is 1. The Hall–Kier alpha value is -3.72. The number of aliphatic hydroxyl groups is 1. The van der Waals surface area contributed by atoms with E-state index in [1.807, 2.05) is 4.90 Å². The van der Waals surface area contributed by atoms with Crippen molar-refractivity contribution in [2.45, 2.75) is 32.1 Å². The number of nitrogen functional groups attached to an aromatic ring is 1. The summed E-state index contributed by atoms with van der Waals surface area (Å²) < 4.78 is 0. The van der Waals surface area contributed by atoms with Crippen LogP contribution in [0.2, 0.25) is 0 Å². The fraction of sp³-hybridized carbons (Fsp3) is 0.360. The number of aliphatic hydroxyl groups excluding tert-OH is 1. The van der Waals surface area contributed by atoms with Gasteiger partial charge < -0.3 is 26.0 Å². The van der Waals surface area contributed by atoms with Crippen LogP contribution in [0, 0.1) is 5.41 Å². The van der Waals surface area contributed by atoms with Crippen LogP contribution in [-0.4, -0.2) is 59.8 Å². The highest BCUT2D eigenvalue weighted by Gasteiger charge is 2.21. The Kier molecular flexibility index (Phi) is 8.75. The van der Waals surface area contributed by atoms with Gasteiger partial charge in [0, 0.05) is 55.0 Å². The smallest absolute Gasteiger partial charge is 0.253 e. The summed E-state index contributed by atoms with van der Waals surface area (Å²) in [5.41, 5.74) is 7.53. The van der Waals surface area contributed by atoms with Crippen LogP contribution < -0.4 is 16.0 Å². The van der Waals surface area contributed by atoms with Crippen molar-refractivity contribution in [3.63, 3.8) is 0 Å². The van der Waals surface area contributed by atoms with Crippen LogP contribution in [0.1, 0.15) is 48.0 Å². The molecule has 1 saturated heterocycles. The van der Waals surface area contributed by atoms with E-state index in [1.54, 1.807) is 48.5 Å². The molecule has 2 aromatic rings. The summed E-state index contributed by atoms with van der Waals surface area (Å²) in [5, 5.41) is 19.6. The third kappa shape index (κ3) is 6.64. The van der Waals surface area contributed by atoms with Crippen molar-refractivity contribution < 1.29 is 19.5 Å². The minimum atomic E-state index is -0.332. The van der Waals surface area contributed by atoms with Gasteiger partial charge in [0.1, 0.15) is 5.84 Å². The first-order valence-corrected chi connectivity index (χ1v) is 11.4. The number of rotatable bonds is 9. The number of nitrogens with zero attached hydrogens (tertiary/aromatic N) is 2. The maximum Gasteiger partial charge on any atom is 0.253 e. The molecule has 34 heavy (non-hydrogen) atoms. The number of benzene rings is 2. The Morgan fingerprint density at radius 3 is 2.35 bits per heavy atom. The summed E-state index contributed by atoms with van der Waals surface area (Å²) in [6, 6.07) is 13.4. The highest BCUT2D eigenvalue weighted by atomic mass is 16.3. The molecule has 9 nitrogen and oxygen atoms in total. The minimum Gasteiger partial charge on any atom is -0.395 e. The topological polar surface area (TPSA) is 140 Å². The predicted octanol–water partition coefficient (Wildman–Crippen LogP) is 2.34. The Morgan fingerprint density at radius 2 is 1.71 bits per heavy atom.